The standard InChI is InChI=1S/C33H27ClFN3O3S/c1-19(2)41-32(40)29-20(3)36-33-38(30(29)22-10-12-24(34)13-11-22)31(39)28(42-33)16-23-18-37(27-7-5-4-6-26(23)27)17-21-8-14-25(35)15-9-21/h4-16,18-19,30H,17H2,1-3H3/t30-/m1/s1. The maximum Gasteiger partial charge on any atom is 0.338 e. The number of hydrogen-bond donors (Lipinski definition) is 0. The Morgan fingerprint density at radius 2 is 1.81 bits per heavy atom. The van der Waals surface area contributed by atoms with E-state index in [0.29, 0.717) is 32.2 Å². The van der Waals surface area contributed by atoms with Crippen molar-refractivity contribution in [2.24, 2.45) is 4.99 Å². The van der Waals surface area contributed by atoms with Gasteiger partial charge in [-0.2, -0.15) is 0 Å². The van der Waals surface area contributed by atoms with Crippen LogP contribution in [0.5, 0.6) is 0 Å². The Hall–Kier alpha value is -4.27. The zero-order chi connectivity index (χ0) is 29.5. The van der Waals surface area contributed by atoms with Crippen LogP contribution in [-0.2, 0) is 16.1 Å². The molecule has 0 bridgehead atoms. The molecular formula is C33H27ClFN3O3S. The summed E-state index contributed by atoms with van der Waals surface area (Å²) < 4.78 is 23.2. The van der Waals surface area contributed by atoms with E-state index >= 15 is 0 Å². The minimum absolute atomic E-state index is 0.253. The highest BCUT2D eigenvalue weighted by atomic mass is 35.5. The second-order valence-corrected chi connectivity index (χ2v) is 11.9. The Kier molecular flexibility index (Phi) is 7.43. The Bertz CT molecular complexity index is 2040. The number of esters is 1. The number of ether oxygens (including phenoxy) is 1. The van der Waals surface area contributed by atoms with Gasteiger partial charge in [0.05, 0.1) is 27.9 Å². The van der Waals surface area contributed by atoms with Gasteiger partial charge < -0.3 is 9.30 Å². The van der Waals surface area contributed by atoms with Gasteiger partial charge in [0.2, 0.25) is 0 Å². The minimum Gasteiger partial charge on any atom is -0.459 e. The maximum absolute atomic E-state index is 14.1. The first-order valence-corrected chi connectivity index (χ1v) is 14.7. The molecule has 0 amide bonds. The predicted molar refractivity (Wildman–Crippen MR) is 164 cm³/mol. The third-order valence-electron chi connectivity index (χ3n) is 7.14. The van der Waals surface area contributed by atoms with Crippen LogP contribution in [0.2, 0.25) is 5.02 Å². The summed E-state index contributed by atoms with van der Waals surface area (Å²) in [6, 6.07) is 20.8. The van der Waals surface area contributed by atoms with Crippen molar-refractivity contribution in [1.29, 1.82) is 0 Å². The fraction of sp³-hybridized carbons (Fsp3) is 0.182. The summed E-state index contributed by atoms with van der Waals surface area (Å²) in [5.41, 5.74) is 4.13. The highest BCUT2D eigenvalue weighted by Crippen LogP contribution is 2.32. The molecule has 2 aromatic heterocycles. The Labute approximate surface area is 250 Å². The number of carbonyl (C=O) groups excluding carboxylic acids is 1. The number of carbonyl (C=O) groups is 1. The van der Waals surface area contributed by atoms with Crippen LogP contribution in [0, 0.1) is 5.82 Å². The summed E-state index contributed by atoms with van der Waals surface area (Å²) in [7, 11) is 0. The summed E-state index contributed by atoms with van der Waals surface area (Å²) >= 11 is 7.45. The summed E-state index contributed by atoms with van der Waals surface area (Å²) in [6.45, 7) is 5.88. The average Bonchev–Trinajstić information content (AvgIpc) is 3.45. The number of rotatable bonds is 6. The Morgan fingerprint density at radius 1 is 1.10 bits per heavy atom. The average molecular weight is 600 g/mol. The zero-order valence-corrected chi connectivity index (χ0v) is 24.7. The third-order valence-corrected chi connectivity index (χ3v) is 8.38. The SMILES string of the molecule is CC1=C(C(=O)OC(C)C)[C@@H](c2ccc(Cl)cc2)n2c(sc(=Cc3cn(Cc4ccc(F)cc4)c4ccccc34)c2=O)=N1. The van der Waals surface area contributed by atoms with E-state index in [4.69, 9.17) is 16.3 Å². The largest absolute Gasteiger partial charge is 0.459 e. The number of halogens is 2. The van der Waals surface area contributed by atoms with Gasteiger partial charge in [0.1, 0.15) is 5.82 Å². The van der Waals surface area contributed by atoms with Crippen molar-refractivity contribution in [3.05, 3.63) is 137 Å². The number of hydrogen-bond acceptors (Lipinski definition) is 5. The van der Waals surface area contributed by atoms with Gasteiger partial charge in [0.15, 0.2) is 4.80 Å². The molecule has 0 saturated heterocycles. The molecule has 42 heavy (non-hydrogen) atoms. The number of aromatic nitrogens is 2. The van der Waals surface area contributed by atoms with Crippen molar-refractivity contribution in [1.82, 2.24) is 9.13 Å². The van der Waals surface area contributed by atoms with E-state index in [1.54, 1.807) is 49.6 Å². The number of fused-ring (bicyclic) bond motifs is 2. The van der Waals surface area contributed by atoms with Crippen LogP contribution in [0.15, 0.2) is 100 Å². The van der Waals surface area contributed by atoms with E-state index in [2.05, 4.69) is 9.56 Å². The molecule has 1 atom stereocenters. The van der Waals surface area contributed by atoms with Crippen LogP contribution >= 0.6 is 22.9 Å². The van der Waals surface area contributed by atoms with Gasteiger partial charge in [-0.15, -0.1) is 0 Å². The summed E-state index contributed by atoms with van der Waals surface area (Å²) in [5.74, 6) is -0.788. The first-order chi connectivity index (χ1) is 20.2. The zero-order valence-electron chi connectivity index (χ0n) is 23.2. The second kappa shape index (κ2) is 11.2. The van der Waals surface area contributed by atoms with Gasteiger partial charge in [0, 0.05) is 34.2 Å². The second-order valence-electron chi connectivity index (χ2n) is 10.4. The fourth-order valence-electron chi connectivity index (χ4n) is 5.27. The highest BCUT2D eigenvalue weighted by molar-refractivity contribution is 7.07. The fourth-order valence-corrected chi connectivity index (χ4v) is 6.43. The van der Waals surface area contributed by atoms with Crippen LogP contribution in [0.25, 0.3) is 17.0 Å². The maximum atomic E-state index is 14.1. The molecule has 0 unspecified atom stereocenters. The van der Waals surface area contributed by atoms with E-state index in [0.717, 1.165) is 27.6 Å². The molecule has 0 saturated carbocycles. The molecule has 1 aliphatic heterocycles. The van der Waals surface area contributed by atoms with Crippen LogP contribution in [-0.4, -0.2) is 21.2 Å². The van der Waals surface area contributed by atoms with Crippen LogP contribution in [0.3, 0.4) is 0 Å². The molecule has 6 rings (SSSR count). The van der Waals surface area contributed by atoms with E-state index in [-0.39, 0.29) is 17.5 Å². The van der Waals surface area contributed by atoms with Gasteiger partial charge >= 0.3 is 5.97 Å². The van der Waals surface area contributed by atoms with E-state index in [1.807, 2.05) is 48.7 Å². The van der Waals surface area contributed by atoms with Crippen molar-refractivity contribution in [3.63, 3.8) is 0 Å². The monoisotopic (exact) mass is 599 g/mol. The van der Waals surface area contributed by atoms with Crippen molar-refractivity contribution in [2.45, 2.75) is 39.5 Å². The van der Waals surface area contributed by atoms with Gasteiger partial charge in [-0.25, -0.2) is 14.2 Å². The molecule has 0 aliphatic carbocycles. The van der Waals surface area contributed by atoms with Crippen LogP contribution in [0.4, 0.5) is 4.39 Å². The van der Waals surface area contributed by atoms with Crippen molar-refractivity contribution >= 4 is 45.9 Å². The summed E-state index contributed by atoms with van der Waals surface area (Å²) in [4.78, 5) is 32.5. The molecule has 3 heterocycles. The summed E-state index contributed by atoms with van der Waals surface area (Å²) in [6.07, 6.45) is 3.54. The number of para-hydroxylation sites is 1. The van der Waals surface area contributed by atoms with Gasteiger partial charge in [-0.1, -0.05) is 65.4 Å². The molecule has 9 heteroatoms. The van der Waals surface area contributed by atoms with Crippen LogP contribution in [0.1, 0.15) is 43.5 Å². The molecular weight excluding hydrogens is 573 g/mol. The molecule has 0 radical (unpaired) electrons. The number of nitrogens with zero attached hydrogens (tertiary/aromatic N) is 3. The molecule has 1 aliphatic rings. The van der Waals surface area contributed by atoms with E-state index < -0.39 is 12.0 Å². The predicted octanol–water partition coefficient (Wildman–Crippen LogP) is 5.98. The molecule has 5 aromatic rings. The van der Waals surface area contributed by atoms with Crippen molar-refractivity contribution in [3.8, 4) is 0 Å². The number of thiazole rings is 1. The van der Waals surface area contributed by atoms with Gasteiger partial charge in [0.25, 0.3) is 5.56 Å². The molecule has 212 valence electrons. The van der Waals surface area contributed by atoms with Crippen LogP contribution < -0.4 is 14.9 Å². The lowest BCUT2D eigenvalue weighted by Crippen LogP contribution is -2.40. The molecule has 3 aromatic carbocycles. The molecule has 0 N–H and O–H groups in total. The number of allylic oxidation sites excluding steroid dienone is 1. The molecule has 6 nitrogen and oxygen atoms in total. The minimum atomic E-state index is -0.716. The Morgan fingerprint density at radius 3 is 2.52 bits per heavy atom. The van der Waals surface area contributed by atoms with Gasteiger partial charge in [-0.3, -0.25) is 9.36 Å². The van der Waals surface area contributed by atoms with Crippen molar-refractivity contribution in [2.75, 3.05) is 0 Å². The normalized spacial score (nSPS) is 15.3. The lowest BCUT2D eigenvalue weighted by molar-refractivity contribution is -0.143. The molecule has 0 spiro atoms. The third kappa shape index (κ3) is 5.24. The highest BCUT2D eigenvalue weighted by Gasteiger charge is 2.33. The summed E-state index contributed by atoms with van der Waals surface area (Å²) in [5, 5.41) is 1.53. The first-order valence-electron chi connectivity index (χ1n) is 13.5. The Balaban J connectivity index is 1.50. The smallest absolute Gasteiger partial charge is 0.338 e. The van der Waals surface area contributed by atoms with Crippen molar-refractivity contribution < 1.29 is 13.9 Å². The lowest BCUT2D eigenvalue weighted by Gasteiger charge is -2.25. The first kappa shape index (κ1) is 27.9. The number of benzene rings is 3. The van der Waals surface area contributed by atoms with Gasteiger partial charge in [-0.05, 0) is 68.3 Å². The van der Waals surface area contributed by atoms with E-state index in [9.17, 15) is 14.0 Å². The molecule has 0 fully saturated rings. The lowest BCUT2D eigenvalue weighted by atomic mass is 9.96. The topological polar surface area (TPSA) is 65.6 Å². The quantitative estimate of drug-likeness (QED) is 0.226. The van der Waals surface area contributed by atoms with E-state index in [1.165, 1.54) is 23.5 Å².